The maximum atomic E-state index is 13.0. The Kier molecular flexibility index (Phi) is 4.48. The zero-order valence-corrected chi connectivity index (χ0v) is 16.0. The molecule has 3 rings (SSSR count). The molecule has 0 aromatic rings. The molecule has 26 heavy (non-hydrogen) atoms. The van der Waals surface area contributed by atoms with Crippen molar-refractivity contribution in [2.24, 2.45) is 5.41 Å². The normalized spacial score (nSPS) is 28.5. The molecule has 8 nitrogen and oxygen atoms in total. The highest BCUT2D eigenvalue weighted by molar-refractivity contribution is 6.08. The number of urea groups is 1. The number of nitrogens with one attached hydrogen (secondary N) is 1. The lowest BCUT2D eigenvalue weighted by molar-refractivity contribution is -0.148. The van der Waals surface area contributed by atoms with Crippen molar-refractivity contribution < 1.29 is 19.2 Å². The van der Waals surface area contributed by atoms with Crippen molar-refractivity contribution in [2.75, 3.05) is 26.2 Å². The maximum absolute atomic E-state index is 13.0. The second-order valence-electron chi connectivity index (χ2n) is 8.49. The van der Waals surface area contributed by atoms with Crippen LogP contribution in [0.15, 0.2) is 0 Å². The molecule has 1 unspecified atom stereocenters. The van der Waals surface area contributed by atoms with E-state index in [1.54, 1.807) is 18.7 Å². The molecule has 3 saturated heterocycles. The molecule has 1 spiro atoms. The van der Waals surface area contributed by atoms with Crippen molar-refractivity contribution in [1.82, 2.24) is 20.0 Å². The Bertz CT molecular complexity index is 660. The van der Waals surface area contributed by atoms with Crippen LogP contribution in [0, 0.1) is 5.41 Å². The number of hydrogen-bond acceptors (Lipinski definition) is 4. The van der Waals surface area contributed by atoms with Crippen LogP contribution in [0.4, 0.5) is 4.79 Å². The molecular formula is C18H28N4O4. The van der Waals surface area contributed by atoms with Gasteiger partial charge in [0.25, 0.3) is 5.91 Å². The Hall–Kier alpha value is -2.12. The molecular weight excluding hydrogens is 336 g/mol. The number of carbonyl (C=O) groups is 4. The lowest BCUT2D eigenvalue weighted by atomic mass is 9.78. The number of rotatable bonds is 3. The first kappa shape index (κ1) is 18.7. The van der Waals surface area contributed by atoms with E-state index in [-0.39, 0.29) is 24.4 Å². The Morgan fingerprint density at radius 1 is 1.12 bits per heavy atom. The van der Waals surface area contributed by atoms with Gasteiger partial charge in [-0.1, -0.05) is 0 Å². The Balaban J connectivity index is 1.67. The average molecular weight is 364 g/mol. The predicted molar refractivity (Wildman–Crippen MR) is 94.0 cm³/mol. The van der Waals surface area contributed by atoms with E-state index in [9.17, 15) is 19.2 Å². The SMILES string of the molecule is CC(C)N1CCCC2(CCN(C(=O)CN3C(=O)NC(C)(C)C3=O)C2)C1=O. The smallest absolute Gasteiger partial charge is 0.325 e. The van der Waals surface area contributed by atoms with Crippen molar-refractivity contribution in [3.63, 3.8) is 0 Å². The molecule has 3 heterocycles. The third-order valence-electron chi connectivity index (χ3n) is 5.84. The molecule has 0 radical (unpaired) electrons. The molecule has 0 saturated carbocycles. The Morgan fingerprint density at radius 3 is 2.38 bits per heavy atom. The van der Waals surface area contributed by atoms with Crippen LogP contribution in [0.2, 0.25) is 0 Å². The van der Waals surface area contributed by atoms with Gasteiger partial charge in [0, 0.05) is 25.7 Å². The minimum Gasteiger partial charge on any atom is -0.340 e. The second-order valence-corrected chi connectivity index (χ2v) is 8.49. The van der Waals surface area contributed by atoms with Gasteiger partial charge in [-0.2, -0.15) is 0 Å². The highest BCUT2D eigenvalue weighted by Crippen LogP contribution is 2.40. The zero-order chi connectivity index (χ0) is 19.3. The molecule has 0 aromatic carbocycles. The number of likely N-dealkylation sites (tertiary alicyclic amines) is 2. The van der Waals surface area contributed by atoms with Crippen LogP contribution in [0.5, 0.6) is 0 Å². The summed E-state index contributed by atoms with van der Waals surface area (Å²) in [6, 6.07) is -0.389. The second kappa shape index (κ2) is 6.25. The molecule has 0 aromatic heterocycles. The van der Waals surface area contributed by atoms with Crippen LogP contribution < -0.4 is 5.32 Å². The van der Waals surface area contributed by atoms with Crippen LogP contribution in [-0.4, -0.2) is 76.2 Å². The fraction of sp³-hybridized carbons (Fsp3) is 0.778. The average Bonchev–Trinajstić information content (AvgIpc) is 3.06. The maximum Gasteiger partial charge on any atom is 0.325 e. The molecule has 3 fully saturated rings. The Labute approximate surface area is 153 Å². The fourth-order valence-corrected chi connectivity index (χ4v) is 4.25. The number of piperidine rings is 1. The van der Waals surface area contributed by atoms with Gasteiger partial charge in [0.05, 0.1) is 5.41 Å². The largest absolute Gasteiger partial charge is 0.340 e. The van der Waals surface area contributed by atoms with Gasteiger partial charge in [-0.15, -0.1) is 0 Å². The standard InChI is InChI=1S/C18H28N4O4/c1-12(2)21-8-5-6-18(15(21)25)7-9-20(11-18)13(23)10-22-14(24)17(3,4)19-16(22)26/h12H,5-11H2,1-4H3,(H,19,26). The first-order valence-electron chi connectivity index (χ1n) is 9.30. The molecule has 5 amide bonds. The Morgan fingerprint density at radius 2 is 1.81 bits per heavy atom. The third-order valence-corrected chi connectivity index (χ3v) is 5.84. The summed E-state index contributed by atoms with van der Waals surface area (Å²) in [4.78, 5) is 54.4. The molecule has 3 aliphatic heterocycles. The first-order chi connectivity index (χ1) is 12.1. The van der Waals surface area contributed by atoms with Crippen LogP contribution in [0.1, 0.15) is 47.0 Å². The topological polar surface area (TPSA) is 90.0 Å². The number of carbonyl (C=O) groups excluding carboxylic acids is 4. The van der Waals surface area contributed by atoms with E-state index in [0.29, 0.717) is 19.5 Å². The number of hydrogen-bond donors (Lipinski definition) is 1. The molecule has 144 valence electrons. The van der Waals surface area contributed by atoms with Gasteiger partial charge < -0.3 is 15.1 Å². The highest BCUT2D eigenvalue weighted by atomic mass is 16.2. The van der Waals surface area contributed by atoms with Crippen LogP contribution in [0.3, 0.4) is 0 Å². The lowest BCUT2D eigenvalue weighted by Crippen LogP contribution is -2.53. The van der Waals surface area contributed by atoms with Crippen molar-refractivity contribution >= 4 is 23.8 Å². The highest BCUT2D eigenvalue weighted by Gasteiger charge is 2.51. The van der Waals surface area contributed by atoms with Crippen LogP contribution >= 0.6 is 0 Å². The summed E-state index contributed by atoms with van der Waals surface area (Å²) in [5.41, 5.74) is -1.49. The van der Waals surface area contributed by atoms with Gasteiger partial charge in [-0.25, -0.2) is 4.79 Å². The predicted octanol–water partition coefficient (Wildman–Crippen LogP) is 0.566. The minimum atomic E-state index is -0.985. The summed E-state index contributed by atoms with van der Waals surface area (Å²) in [7, 11) is 0. The van der Waals surface area contributed by atoms with E-state index < -0.39 is 22.9 Å². The molecule has 8 heteroatoms. The van der Waals surface area contributed by atoms with E-state index >= 15 is 0 Å². The summed E-state index contributed by atoms with van der Waals surface area (Å²) in [5, 5.41) is 2.58. The van der Waals surface area contributed by atoms with Crippen molar-refractivity contribution in [3.05, 3.63) is 0 Å². The van der Waals surface area contributed by atoms with Crippen molar-refractivity contribution in [3.8, 4) is 0 Å². The summed E-state index contributed by atoms with van der Waals surface area (Å²) < 4.78 is 0. The monoisotopic (exact) mass is 364 g/mol. The summed E-state index contributed by atoms with van der Waals surface area (Å²) in [6.45, 7) is 8.61. The quantitative estimate of drug-likeness (QED) is 0.741. The van der Waals surface area contributed by atoms with Gasteiger partial charge >= 0.3 is 6.03 Å². The summed E-state index contributed by atoms with van der Waals surface area (Å²) in [5.74, 6) is -0.549. The molecule has 3 aliphatic rings. The minimum absolute atomic E-state index is 0.130. The fourth-order valence-electron chi connectivity index (χ4n) is 4.25. The third kappa shape index (κ3) is 2.95. The lowest BCUT2D eigenvalue weighted by Gasteiger charge is -2.41. The van der Waals surface area contributed by atoms with Gasteiger partial charge in [-0.05, 0) is 47.0 Å². The van der Waals surface area contributed by atoms with E-state index in [0.717, 1.165) is 24.3 Å². The van der Waals surface area contributed by atoms with Crippen molar-refractivity contribution in [1.29, 1.82) is 0 Å². The molecule has 1 atom stereocenters. The van der Waals surface area contributed by atoms with Crippen molar-refractivity contribution in [2.45, 2.75) is 58.5 Å². The van der Waals surface area contributed by atoms with Gasteiger partial charge in [0.15, 0.2) is 0 Å². The van der Waals surface area contributed by atoms with Gasteiger partial charge in [0.2, 0.25) is 11.8 Å². The van der Waals surface area contributed by atoms with E-state index in [4.69, 9.17) is 0 Å². The number of amides is 5. The zero-order valence-electron chi connectivity index (χ0n) is 16.0. The van der Waals surface area contributed by atoms with Crippen LogP contribution in [-0.2, 0) is 14.4 Å². The van der Waals surface area contributed by atoms with Gasteiger partial charge in [-0.3, -0.25) is 19.3 Å². The number of nitrogens with zero attached hydrogens (tertiary/aromatic N) is 3. The molecule has 0 aliphatic carbocycles. The summed E-state index contributed by atoms with van der Waals surface area (Å²) >= 11 is 0. The van der Waals surface area contributed by atoms with Gasteiger partial charge in [0.1, 0.15) is 12.1 Å². The summed E-state index contributed by atoms with van der Waals surface area (Å²) in [6.07, 6.45) is 2.37. The number of imide groups is 1. The molecule has 1 N–H and O–H groups in total. The van der Waals surface area contributed by atoms with E-state index in [2.05, 4.69) is 5.32 Å². The van der Waals surface area contributed by atoms with E-state index in [1.165, 1.54) is 0 Å². The molecule has 0 bridgehead atoms. The first-order valence-corrected chi connectivity index (χ1v) is 9.30. The van der Waals surface area contributed by atoms with Crippen LogP contribution in [0.25, 0.3) is 0 Å². The van der Waals surface area contributed by atoms with E-state index in [1.807, 2.05) is 18.7 Å².